The number of aromatic amines is 1. The molecule has 2 aliphatic heterocycles. The van der Waals surface area contributed by atoms with Crippen LogP contribution in [0.2, 0.25) is 0 Å². The number of piperazine rings is 1. The molecule has 0 saturated carbocycles. The molecule has 5 rings (SSSR count). The number of amides is 1. The maximum atomic E-state index is 15.8. The molecule has 2 N–H and O–H groups in total. The van der Waals surface area contributed by atoms with Crippen LogP contribution in [-0.4, -0.2) is 79.3 Å². The Bertz CT molecular complexity index is 1510. The lowest BCUT2D eigenvalue weighted by Crippen LogP contribution is -2.55. The van der Waals surface area contributed by atoms with Gasteiger partial charge in [0.05, 0.1) is 35.7 Å². The molecule has 2 aliphatic rings. The number of H-pyrrole nitrogens is 1. The minimum absolute atomic E-state index is 0.0901. The highest BCUT2D eigenvalue weighted by Gasteiger charge is 2.36. The maximum absolute atomic E-state index is 15.8. The number of alkyl halides is 3. The first-order valence-electron chi connectivity index (χ1n) is 13.6. The Morgan fingerprint density at radius 1 is 1.07 bits per heavy atom. The largest absolute Gasteiger partial charge is 0.417 e. The Hall–Kier alpha value is -3.97. The number of morpholine rings is 1. The summed E-state index contributed by atoms with van der Waals surface area (Å²) in [4.78, 5) is 37.6. The molecule has 9 nitrogen and oxygen atoms in total. The number of halogens is 4. The van der Waals surface area contributed by atoms with Crippen LogP contribution < -0.4 is 20.7 Å². The molecule has 0 radical (unpaired) electrons. The standard InChI is InChI=1S/C29H32F4N6O3/c1-17-15-39(16-18(2)37(17)3)25-13-23(30)20(19-4-5-34-26(10-19)38-6-8-42-9-7-38)11-24(25)36-28(41)21-14-35-27(40)12-22(21)29(31,32)33/h4-5,10-14,17-18H,6-9,15-16H2,1-3H3,(H,35,40)(H,36,41). The van der Waals surface area contributed by atoms with Crippen molar-refractivity contribution in [3.05, 3.63) is 70.0 Å². The van der Waals surface area contributed by atoms with E-state index in [-0.39, 0.29) is 23.3 Å². The highest BCUT2D eigenvalue weighted by Crippen LogP contribution is 2.38. The molecule has 2 unspecified atom stereocenters. The Morgan fingerprint density at radius 3 is 2.43 bits per heavy atom. The van der Waals surface area contributed by atoms with E-state index in [0.29, 0.717) is 62.5 Å². The van der Waals surface area contributed by atoms with Gasteiger partial charge in [-0.2, -0.15) is 13.2 Å². The molecule has 0 bridgehead atoms. The number of pyridine rings is 2. The minimum atomic E-state index is -4.94. The predicted octanol–water partition coefficient (Wildman–Crippen LogP) is 4.21. The second kappa shape index (κ2) is 11.7. The van der Waals surface area contributed by atoms with Crippen molar-refractivity contribution < 1.29 is 27.1 Å². The first-order chi connectivity index (χ1) is 19.9. The number of hydrogen-bond donors (Lipinski definition) is 2. The number of carbonyl (C=O) groups is 1. The van der Waals surface area contributed by atoms with E-state index in [1.807, 2.05) is 30.7 Å². The van der Waals surface area contributed by atoms with Crippen molar-refractivity contribution >= 4 is 23.1 Å². The van der Waals surface area contributed by atoms with Crippen molar-refractivity contribution in [1.29, 1.82) is 0 Å². The van der Waals surface area contributed by atoms with Gasteiger partial charge in [-0.3, -0.25) is 14.5 Å². The molecule has 3 aromatic rings. The molecule has 224 valence electrons. The highest BCUT2D eigenvalue weighted by atomic mass is 19.4. The number of likely N-dealkylation sites (N-methyl/N-ethyl adjacent to an activating group) is 1. The Morgan fingerprint density at radius 2 is 1.76 bits per heavy atom. The topological polar surface area (TPSA) is 93.8 Å². The van der Waals surface area contributed by atoms with Gasteiger partial charge in [0.1, 0.15) is 11.6 Å². The van der Waals surface area contributed by atoms with Gasteiger partial charge in [-0.05, 0) is 50.7 Å². The van der Waals surface area contributed by atoms with Gasteiger partial charge in [0.2, 0.25) is 5.56 Å². The first kappa shape index (κ1) is 29.5. The molecule has 2 fully saturated rings. The fourth-order valence-corrected chi connectivity index (χ4v) is 5.38. The normalized spacial score (nSPS) is 20.1. The predicted molar refractivity (Wildman–Crippen MR) is 152 cm³/mol. The van der Waals surface area contributed by atoms with E-state index in [2.05, 4.69) is 20.2 Å². The lowest BCUT2D eigenvalue weighted by Gasteiger charge is -2.44. The molecule has 1 amide bonds. The van der Waals surface area contributed by atoms with E-state index in [4.69, 9.17) is 4.74 Å². The van der Waals surface area contributed by atoms with Crippen LogP contribution in [-0.2, 0) is 10.9 Å². The monoisotopic (exact) mass is 588 g/mol. The van der Waals surface area contributed by atoms with E-state index in [1.54, 1.807) is 18.3 Å². The Balaban J connectivity index is 1.58. The quantitative estimate of drug-likeness (QED) is 0.432. The van der Waals surface area contributed by atoms with Crippen molar-refractivity contribution in [2.45, 2.75) is 32.1 Å². The summed E-state index contributed by atoms with van der Waals surface area (Å²) in [6, 6.07) is 6.64. The summed E-state index contributed by atoms with van der Waals surface area (Å²) < 4.78 is 62.5. The van der Waals surface area contributed by atoms with Gasteiger partial charge in [0, 0.05) is 62.3 Å². The van der Waals surface area contributed by atoms with Crippen LogP contribution in [0.3, 0.4) is 0 Å². The van der Waals surface area contributed by atoms with Gasteiger partial charge in [-0.25, -0.2) is 9.37 Å². The smallest absolute Gasteiger partial charge is 0.378 e. The van der Waals surface area contributed by atoms with Gasteiger partial charge in [-0.15, -0.1) is 0 Å². The second-order valence-electron chi connectivity index (χ2n) is 10.7. The van der Waals surface area contributed by atoms with Crippen molar-refractivity contribution in [2.75, 3.05) is 61.6 Å². The number of nitrogens with one attached hydrogen (secondary N) is 2. The van der Waals surface area contributed by atoms with Gasteiger partial charge < -0.3 is 24.8 Å². The number of aromatic nitrogens is 2. The van der Waals surface area contributed by atoms with E-state index in [1.165, 1.54) is 12.1 Å². The minimum Gasteiger partial charge on any atom is -0.378 e. The molecule has 0 spiro atoms. The first-order valence-corrected chi connectivity index (χ1v) is 13.6. The van der Waals surface area contributed by atoms with Crippen LogP contribution in [0.5, 0.6) is 0 Å². The number of rotatable bonds is 5. The summed E-state index contributed by atoms with van der Waals surface area (Å²) in [5.41, 5.74) is -1.97. The van der Waals surface area contributed by atoms with Crippen LogP contribution in [0, 0.1) is 5.82 Å². The third-order valence-electron chi connectivity index (χ3n) is 7.90. The van der Waals surface area contributed by atoms with Gasteiger partial charge in [-0.1, -0.05) is 0 Å². The summed E-state index contributed by atoms with van der Waals surface area (Å²) in [7, 11) is 1.99. The molecule has 1 aromatic carbocycles. The fourth-order valence-electron chi connectivity index (χ4n) is 5.38. The fraction of sp³-hybridized carbons (Fsp3) is 0.414. The summed E-state index contributed by atoms with van der Waals surface area (Å²) in [5.74, 6) is -1.01. The SMILES string of the molecule is CC1CN(c2cc(F)c(-c3ccnc(N4CCOCC4)c3)cc2NC(=O)c2c[nH]c(=O)cc2C(F)(F)F)CC(C)N1C. The molecule has 42 heavy (non-hydrogen) atoms. The summed E-state index contributed by atoms with van der Waals surface area (Å²) >= 11 is 0. The van der Waals surface area contributed by atoms with E-state index in [0.717, 1.165) is 6.20 Å². The molecule has 2 aromatic heterocycles. The third kappa shape index (κ3) is 6.12. The lowest BCUT2D eigenvalue weighted by atomic mass is 10.0. The van der Waals surface area contributed by atoms with E-state index < -0.39 is 34.6 Å². The molecule has 13 heteroatoms. The van der Waals surface area contributed by atoms with Crippen molar-refractivity contribution in [3.63, 3.8) is 0 Å². The average Bonchev–Trinajstić information content (AvgIpc) is 2.96. The number of ether oxygens (including phenoxy) is 1. The maximum Gasteiger partial charge on any atom is 0.417 e. The summed E-state index contributed by atoms with van der Waals surface area (Å²) in [6.07, 6.45) is -2.64. The Kier molecular flexibility index (Phi) is 8.24. The lowest BCUT2D eigenvalue weighted by molar-refractivity contribution is -0.138. The Labute approximate surface area is 240 Å². The zero-order valence-electron chi connectivity index (χ0n) is 23.5. The highest BCUT2D eigenvalue weighted by molar-refractivity contribution is 6.07. The number of carbonyl (C=O) groups excluding carboxylic acids is 1. The second-order valence-corrected chi connectivity index (χ2v) is 10.7. The molecule has 2 saturated heterocycles. The number of anilines is 3. The van der Waals surface area contributed by atoms with Gasteiger partial charge in [0.25, 0.3) is 5.91 Å². The van der Waals surface area contributed by atoms with E-state index >= 15 is 4.39 Å². The molecule has 0 aliphatic carbocycles. The van der Waals surface area contributed by atoms with Gasteiger partial charge in [0.15, 0.2) is 0 Å². The van der Waals surface area contributed by atoms with E-state index in [9.17, 15) is 22.8 Å². The van der Waals surface area contributed by atoms with Crippen LogP contribution in [0.25, 0.3) is 11.1 Å². The molecule has 4 heterocycles. The van der Waals surface area contributed by atoms with Crippen LogP contribution in [0.4, 0.5) is 34.8 Å². The zero-order valence-corrected chi connectivity index (χ0v) is 23.5. The zero-order chi connectivity index (χ0) is 30.2. The van der Waals surface area contributed by atoms with Gasteiger partial charge >= 0.3 is 6.18 Å². The van der Waals surface area contributed by atoms with Crippen LogP contribution in [0.15, 0.2) is 47.5 Å². The van der Waals surface area contributed by atoms with Crippen molar-refractivity contribution in [1.82, 2.24) is 14.9 Å². The number of hydrogen-bond acceptors (Lipinski definition) is 7. The summed E-state index contributed by atoms with van der Waals surface area (Å²) in [5, 5.41) is 2.59. The average molecular weight is 589 g/mol. The van der Waals surface area contributed by atoms with Crippen molar-refractivity contribution in [2.24, 2.45) is 0 Å². The number of nitrogens with zero attached hydrogens (tertiary/aromatic N) is 4. The molecular formula is C29H32F4N6O3. The number of benzene rings is 1. The molecular weight excluding hydrogens is 556 g/mol. The summed E-state index contributed by atoms with van der Waals surface area (Å²) in [6.45, 7) is 7.38. The van der Waals surface area contributed by atoms with Crippen LogP contribution in [0.1, 0.15) is 29.8 Å². The third-order valence-corrected chi connectivity index (χ3v) is 7.90. The van der Waals surface area contributed by atoms with Crippen molar-refractivity contribution in [3.8, 4) is 11.1 Å². The molecule has 2 atom stereocenters. The van der Waals surface area contributed by atoms with Crippen LogP contribution >= 0.6 is 0 Å².